The zero-order valence-corrected chi connectivity index (χ0v) is 12.6. The topological polar surface area (TPSA) is 26.3 Å². The van der Waals surface area contributed by atoms with Crippen LogP contribution in [-0.4, -0.2) is 18.0 Å². The third kappa shape index (κ3) is 13.6. The predicted molar refractivity (Wildman–Crippen MR) is 73.3 cm³/mol. The number of hydrogen-bond acceptors (Lipinski definition) is 2. The average Bonchev–Trinajstić information content (AvgIpc) is 2.09. The molecular formula is C15H30O2. The Bertz CT molecular complexity index is 218. The zero-order chi connectivity index (χ0) is 13.5. The van der Waals surface area contributed by atoms with Gasteiger partial charge >= 0.3 is 0 Å². The molecule has 0 saturated heterocycles. The van der Waals surface area contributed by atoms with E-state index in [0.29, 0.717) is 24.2 Å². The number of Topliss-reactive ketones (excluding diaryl/α,β-unsaturated/α-hetero) is 1. The largest absolute Gasteiger partial charge is 0.376 e. The molecule has 0 rings (SSSR count). The number of hydrogen-bond donors (Lipinski definition) is 0. The van der Waals surface area contributed by atoms with Gasteiger partial charge < -0.3 is 4.74 Å². The molecule has 2 heteroatoms. The fourth-order valence-electron chi connectivity index (χ4n) is 1.59. The molecule has 0 saturated carbocycles. The SMILES string of the molecule is CC(C)(C)CCCC(=O)CCCOC(C)(C)C. The molecular weight excluding hydrogens is 212 g/mol. The minimum atomic E-state index is -0.0880. The number of ketones is 1. The molecule has 2 nitrogen and oxygen atoms in total. The molecule has 0 bridgehead atoms. The summed E-state index contributed by atoms with van der Waals surface area (Å²) < 4.78 is 5.59. The van der Waals surface area contributed by atoms with Crippen LogP contribution in [0.15, 0.2) is 0 Å². The van der Waals surface area contributed by atoms with Gasteiger partial charge in [0.25, 0.3) is 0 Å². The minimum absolute atomic E-state index is 0.0880. The van der Waals surface area contributed by atoms with E-state index >= 15 is 0 Å². The van der Waals surface area contributed by atoms with Gasteiger partial charge in [0.15, 0.2) is 0 Å². The van der Waals surface area contributed by atoms with E-state index in [1.54, 1.807) is 0 Å². The second-order valence-corrected chi connectivity index (χ2v) is 7.02. The van der Waals surface area contributed by atoms with Gasteiger partial charge in [0, 0.05) is 19.4 Å². The first-order chi connectivity index (χ1) is 7.60. The molecule has 0 aliphatic carbocycles. The molecule has 102 valence electrons. The molecule has 0 aromatic heterocycles. The van der Waals surface area contributed by atoms with Crippen molar-refractivity contribution in [3.05, 3.63) is 0 Å². The maximum atomic E-state index is 11.6. The van der Waals surface area contributed by atoms with Crippen LogP contribution in [0.4, 0.5) is 0 Å². The normalized spacial score (nSPS) is 12.8. The lowest BCUT2D eigenvalue weighted by Crippen LogP contribution is -2.20. The highest BCUT2D eigenvalue weighted by Crippen LogP contribution is 2.21. The fraction of sp³-hybridized carbons (Fsp3) is 0.933. The summed E-state index contributed by atoms with van der Waals surface area (Å²) >= 11 is 0. The summed E-state index contributed by atoms with van der Waals surface area (Å²) in [6, 6.07) is 0. The van der Waals surface area contributed by atoms with Crippen LogP contribution in [0.25, 0.3) is 0 Å². The zero-order valence-electron chi connectivity index (χ0n) is 12.6. The molecule has 0 unspecified atom stereocenters. The average molecular weight is 242 g/mol. The highest BCUT2D eigenvalue weighted by molar-refractivity contribution is 5.78. The first-order valence-corrected chi connectivity index (χ1v) is 6.76. The van der Waals surface area contributed by atoms with Crippen molar-refractivity contribution in [3.63, 3.8) is 0 Å². The molecule has 0 radical (unpaired) electrons. The quantitative estimate of drug-likeness (QED) is 0.620. The first-order valence-electron chi connectivity index (χ1n) is 6.76. The van der Waals surface area contributed by atoms with Crippen molar-refractivity contribution in [1.29, 1.82) is 0 Å². The van der Waals surface area contributed by atoms with Crippen molar-refractivity contribution in [2.45, 2.75) is 79.2 Å². The minimum Gasteiger partial charge on any atom is -0.376 e. The van der Waals surface area contributed by atoms with Crippen LogP contribution >= 0.6 is 0 Å². The van der Waals surface area contributed by atoms with E-state index in [1.165, 1.54) is 0 Å². The molecule has 0 aliphatic heterocycles. The summed E-state index contributed by atoms with van der Waals surface area (Å²) in [7, 11) is 0. The predicted octanol–water partition coefficient (Wildman–Crippen LogP) is 4.37. The number of carbonyl (C=O) groups excluding carboxylic acids is 1. The van der Waals surface area contributed by atoms with E-state index in [1.807, 2.05) is 20.8 Å². The Kier molecular flexibility index (Phi) is 6.99. The van der Waals surface area contributed by atoms with Crippen LogP contribution in [0.5, 0.6) is 0 Å². The molecule has 0 spiro atoms. The van der Waals surface area contributed by atoms with Crippen LogP contribution in [0.1, 0.15) is 73.6 Å². The van der Waals surface area contributed by atoms with Gasteiger partial charge in [0.1, 0.15) is 5.78 Å². The summed E-state index contributed by atoms with van der Waals surface area (Å²) in [5.74, 6) is 0.381. The molecule has 0 fully saturated rings. The van der Waals surface area contributed by atoms with E-state index < -0.39 is 0 Å². The number of rotatable bonds is 7. The van der Waals surface area contributed by atoms with Crippen LogP contribution < -0.4 is 0 Å². The van der Waals surface area contributed by atoms with Crippen LogP contribution in [0.2, 0.25) is 0 Å². The van der Waals surface area contributed by atoms with Crippen LogP contribution in [0, 0.1) is 5.41 Å². The molecule has 0 aliphatic rings. The Morgan fingerprint density at radius 1 is 0.941 bits per heavy atom. The van der Waals surface area contributed by atoms with Gasteiger partial charge in [-0.2, -0.15) is 0 Å². The lowest BCUT2D eigenvalue weighted by atomic mass is 9.89. The van der Waals surface area contributed by atoms with E-state index in [9.17, 15) is 4.79 Å². The van der Waals surface area contributed by atoms with Gasteiger partial charge in [0.2, 0.25) is 0 Å². The molecule has 0 aromatic carbocycles. The lowest BCUT2D eigenvalue weighted by molar-refractivity contribution is -0.119. The van der Waals surface area contributed by atoms with Crippen molar-refractivity contribution in [3.8, 4) is 0 Å². The van der Waals surface area contributed by atoms with Gasteiger partial charge in [-0.25, -0.2) is 0 Å². The maximum absolute atomic E-state index is 11.6. The molecule has 0 aromatic rings. The van der Waals surface area contributed by atoms with Crippen LogP contribution in [0.3, 0.4) is 0 Å². The van der Waals surface area contributed by atoms with Gasteiger partial charge in [0.05, 0.1) is 5.60 Å². The van der Waals surface area contributed by atoms with E-state index in [-0.39, 0.29) is 5.60 Å². The monoisotopic (exact) mass is 242 g/mol. The fourth-order valence-corrected chi connectivity index (χ4v) is 1.59. The standard InChI is InChI=1S/C15H30O2/c1-14(2,3)11-7-9-13(16)10-8-12-17-15(4,5)6/h7-12H2,1-6H3. The Hall–Kier alpha value is -0.370. The Morgan fingerprint density at radius 2 is 1.47 bits per heavy atom. The van der Waals surface area contributed by atoms with Gasteiger partial charge in [-0.1, -0.05) is 20.8 Å². The van der Waals surface area contributed by atoms with Crippen molar-refractivity contribution in [2.24, 2.45) is 5.41 Å². The first kappa shape index (κ1) is 16.6. The third-order valence-corrected chi connectivity index (χ3v) is 2.52. The second-order valence-electron chi connectivity index (χ2n) is 7.02. The Balaban J connectivity index is 3.48. The lowest BCUT2D eigenvalue weighted by Gasteiger charge is -2.19. The van der Waals surface area contributed by atoms with E-state index in [2.05, 4.69) is 20.8 Å². The van der Waals surface area contributed by atoms with Crippen molar-refractivity contribution in [2.75, 3.05) is 6.61 Å². The summed E-state index contributed by atoms with van der Waals surface area (Å²) in [4.78, 5) is 11.6. The van der Waals surface area contributed by atoms with E-state index in [0.717, 1.165) is 25.7 Å². The number of carbonyl (C=O) groups is 1. The van der Waals surface area contributed by atoms with Crippen molar-refractivity contribution >= 4 is 5.78 Å². The summed E-state index contributed by atoms with van der Waals surface area (Å²) in [6.45, 7) is 13.5. The summed E-state index contributed by atoms with van der Waals surface area (Å²) in [5, 5.41) is 0. The van der Waals surface area contributed by atoms with Gasteiger partial charge in [-0.3, -0.25) is 4.79 Å². The molecule has 0 amide bonds. The Morgan fingerprint density at radius 3 is 1.94 bits per heavy atom. The number of ether oxygens (including phenoxy) is 1. The van der Waals surface area contributed by atoms with Gasteiger partial charge in [-0.05, 0) is 45.4 Å². The Labute approximate surface area is 107 Å². The summed E-state index contributed by atoms with van der Waals surface area (Å²) in [6.07, 6.45) is 4.39. The molecule has 0 atom stereocenters. The molecule has 17 heavy (non-hydrogen) atoms. The maximum Gasteiger partial charge on any atom is 0.132 e. The van der Waals surface area contributed by atoms with Crippen molar-refractivity contribution < 1.29 is 9.53 Å². The smallest absolute Gasteiger partial charge is 0.132 e. The van der Waals surface area contributed by atoms with E-state index in [4.69, 9.17) is 4.74 Å². The highest BCUT2D eigenvalue weighted by Gasteiger charge is 2.12. The second kappa shape index (κ2) is 7.15. The van der Waals surface area contributed by atoms with Gasteiger partial charge in [-0.15, -0.1) is 0 Å². The third-order valence-electron chi connectivity index (χ3n) is 2.52. The molecule has 0 heterocycles. The highest BCUT2D eigenvalue weighted by atomic mass is 16.5. The van der Waals surface area contributed by atoms with Crippen molar-refractivity contribution in [1.82, 2.24) is 0 Å². The summed E-state index contributed by atoms with van der Waals surface area (Å²) in [5.41, 5.74) is 0.255. The molecule has 0 N–H and O–H groups in total. The van der Waals surface area contributed by atoms with Crippen LogP contribution in [-0.2, 0) is 9.53 Å².